The zero-order valence-corrected chi connectivity index (χ0v) is 20.7. The van der Waals surface area contributed by atoms with Crippen molar-refractivity contribution >= 4 is 5.91 Å². The molecule has 7 atom stereocenters. The standard InChI is InChI=1S/C26H46N4O4/c31-20-9-23(32)25(24(10-20)34-15-17-5-2-1-3-6-17)26(33)30-13-18-7-4-8-22(21(18)14-30)29-19-11-27-16-28-12-19/h17-25,27-29,31-32H,1-16H2. The number of aliphatic hydroxyl groups excluding tert-OH is 2. The highest BCUT2D eigenvalue weighted by Gasteiger charge is 2.48. The summed E-state index contributed by atoms with van der Waals surface area (Å²) in [4.78, 5) is 15.8. The minimum atomic E-state index is -0.830. The lowest BCUT2D eigenvalue weighted by molar-refractivity contribution is -0.158. The van der Waals surface area contributed by atoms with E-state index in [0.29, 0.717) is 42.9 Å². The van der Waals surface area contributed by atoms with Crippen LogP contribution in [-0.4, -0.2) is 90.9 Å². The number of amides is 1. The van der Waals surface area contributed by atoms with Crippen LogP contribution in [0.5, 0.6) is 0 Å². The van der Waals surface area contributed by atoms with Crippen molar-refractivity contribution in [3.63, 3.8) is 0 Å². The highest BCUT2D eigenvalue weighted by atomic mass is 16.5. The number of ether oxygens (including phenoxy) is 1. The van der Waals surface area contributed by atoms with Gasteiger partial charge in [0.15, 0.2) is 0 Å². The number of nitrogens with one attached hydrogen (secondary N) is 3. The van der Waals surface area contributed by atoms with Crippen LogP contribution in [0.1, 0.15) is 64.2 Å². The molecule has 2 heterocycles. The van der Waals surface area contributed by atoms with Gasteiger partial charge in [-0.3, -0.25) is 4.79 Å². The van der Waals surface area contributed by atoms with Crippen molar-refractivity contribution in [2.24, 2.45) is 23.7 Å². The number of fused-ring (bicyclic) bond motifs is 1. The van der Waals surface area contributed by atoms with E-state index in [1.54, 1.807) is 0 Å². The Labute approximate surface area is 204 Å². The predicted molar refractivity (Wildman–Crippen MR) is 130 cm³/mol. The van der Waals surface area contributed by atoms with Crippen LogP contribution in [0.3, 0.4) is 0 Å². The number of carbonyl (C=O) groups excluding carboxylic acids is 1. The molecule has 0 bridgehead atoms. The van der Waals surface area contributed by atoms with Crippen molar-refractivity contribution in [2.45, 2.75) is 94.6 Å². The Morgan fingerprint density at radius 2 is 1.76 bits per heavy atom. The van der Waals surface area contributed by atoms with Gasteiger partial charge in [0.05, 0.1) is 24.2 Å². The molecule has 0 aromatic rings. The van der Waals surface area contributed by atoms with Gasteiger partial charge < -0.3 is 35.8 Å². The van der Waals surface area contributed by atoms with Gasteiger partial charge in [0, 0.05) is 64.4 Å². The Kier molecular flexibility index (Phi) is 8.44. The van der Waals surface area contributed by atoms with Crippen molar-refractivity contribution in [1.29, 1.82) is 0 Å². The predicted octanol–water partition coefficient (Wildman–Crippen LogP) is 0.819. The second-order valence-electron chi connectivity index (χ2n) is 11.7. The molecule has 7 unspecified atom stereocenters. The van der Waals surface area contributed by atoms with E-state index in [0.717, 1.165) is 32.8 Å². The molecule has 5 aliphatic rings. The van der Waals surface area contributed by atoms with E-state index in [-0.39, 0.29) is 18.4 Å². The number of hydrogen-bond donors (Lipinski definition) is 5. The quantitative estimate of drug-likeness (QED) is 0.385. The van der Waals surface area contributed by atoms with Gasteiger partial charge in [-0.1, -0.05) is 25.7 Å². The molecular formula is C26H46N4O4. The lowest BCUT2D eigenvalue weighted by atomic mass is 9.78. The molecule has 8 nitrogen and oxygen atoms in total. The third-order valence-electron chi connectivity index (χ3n) is 9.28. The number of rotatable bonds is 6. The highest BCUT2D eigenvalue weighted by molar-refractivity contribution is 5.80. The third kappa shape index (κ3) is 5.79. The Bertz CT molecular complexity index is 669. The molecular weight excluding hydrogens is 432 g/mol. The minimum absolute atomic E-state index is 0.0437. The fraction of sp³-hybridized carbons (Fsp3) is 0.962. The molecule has 34 heavy (non-hydrogen) atoms. The van der Waals surface area contributed by atoms with Crippen molar-refractivity contribution in [1.82, 2.24) is 20.9 Å². The summed E-state index contributed by atoms with van der Waals surface area (Å²) in [5.74, 6) is 1.05. The molecule has 0 aromatic carbocycles. The molecule has 194 valence electrons. The summed E-state index contributed by atoms with van der Waals surface area (Å²) in [6.07, 6.45) is 8.66. The summed E-state index contributed by atoms with van der Waals surface area (Å²) in [5, 5.41) is 31.9. The van der Waals surface area contributed by atoms with Crippen LogP contribution in [0, 0.1) is 23.7 Å². The largest absolute Gasteiger partial charge is 0.393 e. The van der Waals surface area contributed by atoms with Crippen LogP contribution in [-0.2, 0) is 9.53 Å². The van der Waals surface area contributed by atoms with Gasteiger partial charge in [-0.15, -0.1) is 0 Å². The summed E-state index contributed by atoms with van der Waals surface area (Å²) < 4.78 is 6.30. The van der Waals surface area contributed by atoms with E-state index < -0.39 is 18.1 Å². The van der Waals surface area contributed by atoms with E-state index in [9.17, 15) is 15.0 Å². The van der Waals surface area contributed by atoms with Crippen LogP contribution < -0.4 is 16.0 Å². The maximum atomic E-state index is 13.8. The molecule has 5 fully saturated rings. The minimum Gasteiger partial charge on any atom is -0.393 e. The van der Waals surface area contributed by atoms with E-state index in [4.69, 9.17) is 4.74 Å². The van der Waals surface area contributed by atoms with Crippen molar-refractivity contribution in [2.75, 3.05) is 39.5 Å². The zero-order chi connectivity index (χ0) is 23.5. The smallest absolute Gasteiger partial charge is 0.230 e. The fourth-order valence-electron chi connectivity index (χ4n) is 7.44. The summed E-state index contributed by atoms with van der Waals surface area (Å²) >= 11 is 0. The number of aliphatic hydroxyl groups is 2. The molecule has 5 rings (SSSR count). The first-order valence-electron chi connectivity index (χ1n) is 14.0. The van der Waals surface area contributed by atoms with Gasteiger partial charge in [-0.25, -0.2) is 0 Å². The molecule has 3 aliphatic carbocycles. The second-order valence-corrected chi connectivity index (χ2v) is 11.7. The highest BCUT2D eigenvalue weighted by Crippen LogP contribution is 2.39. The number of nitrogens with zero attached hydrogens (tertiary/aromatic N) is 1. The van der Waals surface area contributed by atoms with Gasteiger partial charge in [0.2, 0.25) is 5.91 Å². The van der Waals surface area contributed by atoms with Crippen molar-refractivity contribution < 1.29 is 19.7 Å². The fourth-order valence-corrected chi connectivity index (χ4v) is 7.44. The van der Waals surface area contributed by atoms with Crippen molar-refractivity contribution in [3.8, 4) is 0 Å². The summed E-state index contributed by atoms with van der Waals surface area (Å²) in [5.41, 5.74) is 0. The Morgan fingerprint density at radius 3 is 2.56 bits per heavy atom. The van der Waals surface area contributed by atoms with E-state index in [2.05, 4.69) is 16.0 Å². The monoisotopic (exact) mass is 478 g/mol. The van der Waals surface area contributed by atoms with E-state index in [1.165, 1.54) is 51.4 Å². The Balaban J connectivity index is 1.21. The Hall–Kier alpha value is -0.770. The molecule has 0 spiro atoms. The lowest BCUT2D eigenvalue weighted by Crippen LogP contribution is -2.58. The van der Waals surface area contributed by atoms with Gasteiger partial charge in [-0.05, 0) is 43.4 Å². The lowest BCUT2D eigenvalue weighted by Gasteiger charge is -2.39. The topological polar surface area (TPSA) is 106 Å². The SMILES string of the molecule is O=C(C1C(O)CC(O)CC1OCC1CCCCC1)N1CC2CCCC(NC3CNCNC3)C2C1. The summed E-state index contributed by atoms with van der Waals surface area (Å²) in [6.45, 7) is 5.06. The maximum Gasteiger partial charge on any atom is 0.230 e. The molecule has 2 saturated heterocycles. The number of carbonyl (C=O) groups is 1. The van der Waals surface area contributed by atoms with Crippen LogP contribution in [0.2, 0.25) is 0 Å². The zero-order valence-electron chi connectivity index (χ0n) is 20.7. The normalized spacial score (nSPS) is 40.3. The van der Waals surface area contributed by atoms with Crippen LogP contribution in [0.4, 0.5) is 0 Å². The Morgan fingerprint density at radius 1 is 0.971 bits per heavy atom. The molecule has 1 amide bonds. The maximum absolute atomic E-state index is 13.8. The first-order valence-corrected chi connectivity index (χ1v) is 14.0. The van der Waals surface area contributed by atoms with Gasteiger partial charge in [-0.2, -0.15) is 0 Å². The number of hydrogen-bond acceptors (Lipinski definition) is 7. The first-order chi connectivity index (χ1) is 16.6. The third-order valence-corrected chi connectivity index (χ3v) is 9.28. The van der Waals surface area contributed by atoms with Crippen LogP contribution in [0.15, 0.2) is 0 Å². The van der Waals surface area contributed by atoms with E-state index in [1.807, 2.05) is 4.90 Å². The summed E-state index contributed by atoms with van der Waals surface area (Å²) in [7, 11) is 0. The van der Waals surface area contributed by atoms with Crippen LogP contribution >= 0.6 is 0 Å². The summed E-state index contributed by atoms with van der Waals surface area (Å²) in [6, 6.07) is 0.876. The molecule has 3 saturated carbocycles. The van der Waals surface area contributed by atoms with Gasteiger partial charge in [0.25, 0.3) is 0 Å². The van der Waals surface area contributed by atoms with E-state index >= 15 is 0 Å². The van der Waals surface area contributed by atoms with Crippen molar-refractivity contribution in [3.05, 3.63) is 0 Å². The molecule has 8 heteroatoms. The molecule has 0 radical (unpaired) electrons. The second kappa shape index (κ2) is 11.5. The molecule has 5 N–H and O–H groups in total. The average Bonchev–Trinajstić information content (AvgIpc) is 3.29. The average molecular weight is 479 g/mol. The first kappa shape index (κ1) is 24.9. The number of likely N-dealkylation sites (tertiary alicyclic amines) is 1. The van der Waals surface area contributed by atoms with Gasteiger partial charge >= 0.3 is 0 Å². The molecule has 2 aliphatic heterocycles. The van der Waals surface area contributed by atoms with Gasteiger partial charge in [0.1, 0.15) is 0 Å². The molecule has 0 aromatic heterocycles. The van der Waals surface area contributed by atoms with Crippen LogP contribution in [0.25, 0.3) is 0 Å².